The number of benzene rings is 1. The monoisotopic (exact) mass is 328 g/mol. The Morgan fingerprint density at radius 3 is 2.88 bits per heavy atom. The summed E-state index contributed by atoms with van der Waals surface area (Å²) in [5.41, 5.74) is 2.31. The van der Waals surface area contributed by atoms with Crippen LogP contribution in [0.2, 0.25) is 0 Å². The van der Waals surface area contributed by atoms with Gasteiger partial charge >= 0.3 is 0 Å². The van der Waals surface area contributed by atoms with E-state index in [2.05, 4.69) is 44.5 Å². The first kappa shape index (κ1) is 16.7. The Morgan fingerprint density at radius 1 is 1.33 bits per heavy atom. The summed E-state index contributed by atoms with van der Waals surface area (Å²) in [5, 5.41) is 3.60. The van der Waals surface area contributed by atoms with Crippen LogP contribution < -0.4 is 15.8 Å². The molecule has 0 bridgehead atoms. The molecule has 0 radical (unpaired) electrons. The van der Waals surface area contributed by atoms with Gasteiger partial charge in [0.2, 0.25) is 0 Å². The molecule has 0 amide bonds. The number of hydrogen-bond donors (Lipinski definition) is 2. The normalized spacial score (nSPS) is 17.9. The number of H-pyrrole nitrogens is 1. The van der Waals surface area contributed by atoms with Gasteiger partial charge in [0.15, 0.2) is 5.82 Å². The quantitative estimate of drug-likeness (QED) is 0.844. The summed E-state index contributed by atoms with van der Waals surface area (Å²) in [6, 6.07) is 8.82. The molecule has 1 aromatic heterocycles. The van der Waals surface area contributed by atoms with E-state index in [0.717, 1.165) is 32.5 Å². The van der Waals surface area contributed by atoms with Crippen molar-refractivity contribution in [2.24, 2.45) is 0 Å². The minimum Gasteiger partial charge on any atom is -0.380 e. The highest BCUT2D eigenvalue weighted by Gasteiger charge is 2.22. The van der Waals surface area contributed by atoms with Crippen molar-refractivity contribution in [1.29, 1.82) is 0 Å². The van der Waals surface area contributed by atoms with Crippen molar-refractivity contribution in [1.82, 2.24) is 15.3 Å². The van der Waals surface area contributed by atoms with Gasteiger partial charge in [-0.3, -0.25) is 4.79 Å². The molecule has 2 aromatic rings. The number of nitrogens with zero attached hydrogens (tertiary/aromatic N) is 2. The van der Waals surface area contributed by atoms with E-state index in [4.69, 9.17) is 4.74 Å². The topological polar surface area (TPSA) is 70.2 Å². The summed E-state index contributed by atoms with van der Waals surface area (Å²) in [7, 11) is 1.71. The first-order chi connectivity index (χ1) is 11.8. The Labute approximate surface area is 141 Å². The number of rotatable bonds is 6. The molecule has 2 heterocycles. The maximum Gasteiger partial charge on any atom is 0.290 e. The zero-order valence-corrected chi connectivity index (χ0v) is 14.0. The lowest BCUT2D eigenvalue weighted by Gasteiger charge is -2.33. The highest BCUT2D eigenvalue weighted by atomic mass is 16.5. The Morgan fingerprint density at radius 2 is 2.12 bits per heavy atom. The number of nitrogens with one attached hydrogen (secondary N) is 2. The number of aromatic amines is 1. The van der Waals surface area contributed by atoms with Crippen LogP contribution in [0.15, 0.2) is 41.5 Å². The van der Waals surface area contributed by atoms with Crippen molar-refractivity contribution in [3.05, 3.63) is 58.1 Å². The molecule has 24 heavy (non-hydrogen) atoms. The zero-order valence-electron chi connectivity index (χ0n) is 14.0. The molecular weight excluding hydrogens is 304 g/mol. The SMILES string of the molecule is COCc1ccc(CNC2CCCN(c3ncc[nH]c3=O)C2)cc1. The van der Waals surface area contributed by atoms with Crippen LogP contribution in [0.3, 0.4) is 0 Å². The molecule has 1 aromatic carbocycles. The smallest absolute Gasteiger partial charge is 0.290 e. The molecule has 0 spiro atoms. The third-order valence-electron chi connectivity index (χ3n) is 4.34. The first-order valence-corrected chi connectivity index (χ1v) is 8.35. The van der Waals surface area contributed by atoms with Crippen molar-refractivity contribution in [3.63, 3.8) is 0 Å². The molecular formula is C18H24N4O2. The molecule has 1 fully saturated rings. The lowest BCUT2D eigenvalue weighted by Crippen LogP contribution is -2.47. The Kier molecular flexibility index (Phi) is 5.61. The van der Waals surface area contributed by atoms with E-state index < -0.39 is 0 Å². The third-order valence-corrected chi connectivity index (χ3v) is 4.34. The van der Waals surface area contributed by atoms with Gasteiger partial charge in [-0.15, -0.1) is 0 Å². The summed E-state index contributed by atoms with van der Waals surface area (Å²) in [6.45, 7) is 3.15. The second-order valence-electron chi connectivity index (χ2n) is 6.16. The molecule has 1 aliphatic rings. The van der Waals surface area contributed by atoms with Crippen LogP contribution >= 0.6 is 0 Å². The van der Waals surface area contributed by atoms with Gasteiger partial charge < -0.3 is 19.9 Å². The number of anilines is 1. The number of piperidine rings is 1. The lowest BCUT2D eigenvalue weighted by molar-refractivity contribution is 0.185. The minimum absolute atomic E-state index is 0.119. The lowest BCUT2D eigenvalue weighted by atomic mass is 10.0. The molecule has 6 nitrogen and oxygen atoms in total. The molecule has 1 saturated heterocycles. The molecule has 6 heteroatoms. The van der Waals surface area contributed by atoms with E-state index in [1.54, 1.807) is 19.5 Å². The van der Waals surface area contributed by atoms with Crippen LogP contribution in [0.25, 0.3) is 0 Å². The molecule has 1 unspecified atom stereocenters. The first-order valence-electron chi connectivity index (χ1n) is 8.35. The summed E-state index contributed by atoms with van der Waals surface area (Å²) < 4.78 is 5.13. The Bertz CT molecular complexity index is 699. The van der Waals surface area contributed by atoms with E-state index in [9.17, 15) is 4.79 Å². The fraction of sp³-hybridized carbons (Fsp3) is 0.444. The van der Waals surface area contributed by atoms with E-state index in [0.29, 0.717) is 18.5 Å². The van der Waals surface area contributed by atoms with Crippen LogP contribution in [0.4, 0.5) is 5.82 Å². The van der Waals surface area contributed by atoms with Crippen molar-refractivity contribution in [2.45, 2.75) is 32.0 Å². The largest absolute Gasteiger partial charge is 0.380 e. The van der Waals surface area contributed by atoms with Crippen LogP contribution in [-0.4, -0.2) is 36.2 Å². The van der Waals surface area contributed by atoms with Gasteiger partial charge in [-0.05, 0) is 24.0 Å². The fourth-order valence-electron chi connectivity index (χ4n) is 3.09. The highest BCUT2D eigenvalue weighted by Crippen LogP contribution is 2.15. The average Bonchev–Trinajstić information content (AvgIpc) is 2.62. The van der Waals surface area contributed by atoms with Gasteiger partial charge in [-0.25, -0.2) is 4.98 Å². The van der Waals surface area contributed by atoms with Gasteiger partial charge in [0, 0.05) is 45.2 Å². The standard InChI is InChI=1S/C18H24N4O2/c1-24-13-15-6-4-14(5-7-15)11-21-16-3-2-10-22(12-16)17-18(23)20-9-8-19-17/h4-9,16,21H,2-3,10-13H2,1H3,(H,20,23). The summed E-state index contributed by atoms with van der Waals surface area (Å²) >= 11 is 0. The van der Waals surface area contributed by atoms with Gasteiger partial charge in [-0.1, -0.05) is 24.3 Å². The second kappa shape index (κ2) is 8.08. The average molecular weight is 328 g/mol. The molecule has 0 aliphatic carbocycles. The number of hydrogen-bond acceptors (Lipinski definition) is 5. The van der Waals surface area contributed by atoms with Gasteiger partial charge in [0.1, 0.15) is 0 Å². The molecule has 0 saturated carbocycles. The number of ether oxygens (including phenoxy) is 1. The predicted octanol–water partition coefficient (Wildman–Crippen LogP) is 1.67. The van der Waals surface area contributed by atoms with E-state index in [1.165, 1.54) is 11.1 Å². The van der Waals surface area contributed by atoms with Gasteiger partial charge in [0.25, 0.3) is 5.56 Å². The molecule has 2 N–H and O–H groups in total. The maximum atomic E-state index is 11.9. The Hall–Kier alpha value is -2.18. The number of methoxy groups -OCH3 is 1. The van der Waals surface area contributed by atoms with Crippen molar-refractivity contribution < 1.29 is 4.74 Å². The second-order valence-corrected chi connectivity index (χ2v) is 6.16. The van der Waals surface area contributed by atoms with Crippen LogP contribution in [-0.2, 0) is 17.9 Å². The van der Waals surface area contributed by atoms with Crippen molar-refractivity contribution in [3.8, 4) is 0 Å². The maximum absolute atomic E-state index is 11.9. The van der Waals surface area contributed by atoms with E-state index in [-0.39, 0.29) is 5.56 Å². The molecule has 1 atom stereocenters. The molecule has 1 aliphatic heterocycles. The summed E-state index contributed by atoms with van der Waals surface area (Å²) in [4.78, 5) is 20.9. The van der Waals surface area contributed by atoms with Gasteiger partial charge in [-0.2, -0.15) is 0 Å². The van der Waals surface area contributed by atoms with Gasteiger partial charge in [0.05, 0.1) is 6.61 Å². The van der Waals surface area contributed by atoms with E-state index in [1.807, 2.05) is 0 Å². The fourth-order valence-corrected chi connectivity index (χ4v) is 3.09. The minimum atomic E-state index is -0.119. The predicted molar refractivity (Wildman–Crippen MR) is 94.1 cm³/mol. The van der Waals surface area contributed by atoms with E-state index >= 15 is 0 Å². The molecule has 3 rings (SSSR count). The summed E-state index contributed by atoms with van der Waals surface area (Å²) in [5.74, 6) is 0.521. The number of aromatic nitrogens is 2. The summed E-state index contributed by atoms with van der Waals surface area (Å²) in [6.07, 6.45) is 5.37. The zero-order chi connectivity index (χ0) is 16.8. The van der Waals surface area contributed by atoms with Crippen LogP contribution in [0.5, 0.6) is 0 Å². The van der Waals surface area contributed by atoms with Crippen LogP contribution in [0.1, 0.15) is 24.0 Å². The molecule has 128 valence electrons. The van der Waals surface area contributed by atoms with Crippen molar-refractivity contribution >= 4 is 5.82 Å². The highest BCUT2D eigenvalue weighted by molar-refractivity contribution is 5.36. The Balaban J connectivity index is 1.56. The van der Waals surface area contributed by atoms with Crippen LogP contribution in [0, 0.1) is 0 Å². The van der Waals surface area contributed by atoms with Crippen molar-refractivity contribution in [2.75, 3.05) is 25.1 Å². The third kappa shape index (κ3) is 4.21.